The molecule has 1 amide bonds. The molecule has 1 rings (SSSR count). The summed E-state index contributed by atoms with van der Waals surface area (Å²) in [7, 11) is -2.63. The molecule has 6 nitrogen and oxygen atoms in total. The number of rotatable bonds is 11. The number of nitrogens with one attached hydrogen (secondary N) is 1. The van der Waals surface area contributed by atoms with Crippen LogP contribution < -0.4 is 10.1 Å². The van der Waals surface area contributed by atoms with Crippen LogP contribution in [0.3, 0.4) is 0 Å². The maximum atomic E-state index is 11.7. The van der Waals surface area contributed by atoms with Gasteiger partial charge in [0.25, 0.3) is 0 Å². The number of amides is 1. The van der Waals surface area contributed by atoms with Crippen LogP contribution >= 0.6 is 0 Å². The molecule has 1 N–H and O–H groups in total. The minimum absolute atomic E-state index is 0.465. The molecule has 0 fully saturated rings. The van der Waals surface area contributed by atoms with Gasteiger partial charge in [0, 0.05) is 32.4 Å². The smallest absolute Gasteiger partial charge is 0.410 e. The summed E-state index contributed by atoms with van der Waals surface area (Å²) in [4.78, 5) is 11.7. The molecule has 0 aliphatic rings. The van der Waals surface area contributed by atoms with Gasteiger partial charge in [-0.3, -0.25) is 0 Å². The normalized spacial score (nSPS) is 11.3. The van der Waals surface area contributed by atoms with E-state index >= 15 is 0 Å². The number of ether oxygens (including phenoxy) is 1. The largest absolute Gasteiger partial charge is 0.500 e. The van der Waals surface area contributed by atoms with Crippen LogP contribution in [-0.4, -0.2) is 41.3 Å². The van der Waals surface area contributed by atoms with Crippen LogP contribution in [0.5, 0.6) is 5.75 Å². The summed E-state index contributed by atoms with van der Waals surface area (Å²) in [5.74, 6) is 0.520. The van der Waals surface area contributed by atoms with Gasteiger partial charge in [-0.2, -0.15) is 0 Å². The van der Waals surface area contributed by atoms with E-state index in [1.54, 1.807) is 12.1 Å². The molecule has 0 aliphatic heterocycles. The van der Waals surface area contributed by atoms with Crippen molar-refractivity contribution >= 4 is 14.9 Å². The van der Waals surface area contributed by atoms with Crippen molar-refractivity contribution in [2.45, 2.75) is 33.2 Å². The fraction of sp³-hybridized carbons (Fsp3) is 0.562. The fourth-order valence-corrected chi connectivity index (χ4v) is 4.74. The van der Waals surface area contributed by atoms with Gasteiger partial charge < -0.3 is 23.3 Å². The average Bonchev–Trinajstić information content (AvgIpc) is 2.53. The molecule has 0 atom stereocenters. The summed E-state index contributed by atoms with van der Waals surface area (Å²) in [5, 5.41) is 2.72. The van der Waals surface area contributed by atoms with E-state index in [-0.39, 0.29) is 0 Å². The lowest BCUT2D eigenvalue weighted by atomic mass is 10.3. The van der Waals surface area contributed by atoms with E-state index in [4.69, 9.17) is 18.0 Å². The molecule has 23 heavy (non-hydrogen) atoms. The van der Waals surface area contributed by atoms with Crippen LogP contribution in [-0.2, 0) is 13.3 Å². The molecular formula is C16H27NO5Si. The first kappa shape index (κ1) is 19.6. The molecule has 0 spiro atoms. The van der Waals surface area contributed by atoms with E-state index in [2.05, 4.69) is 5.32 Å². The Labute approximate surface area is 139 Å². The zero-order chi connectivity index (χ0) is 17.0. The Kier molecular flexibility index (Phi) is 9.54. The third-order valence-corrected chi connectivity index (χ3v) is 6.13. The highest BCUT2D eigenvalue weighted by Gasteiger charge is 2.39. The van der Waals surface area contributed by atoms with Crippen LogP contribution in [0.25, 0.3) is 0 Å². The summed E-state index contributed by atoms with van der Waals surface area (Å²) in [6.07, 6.45) is 0.239. The molecule has 0 radical (unpaired) electrons. The third kappa shape index (κ3) is 7.60. The van der Waals surface area contributed by atoms with Gasteiger partial charge >= 0.3 is 14.9 Å². The van der Waals surface area contributed by atoms with E-state index in [1.165, 1.54) is 0 Å². The zero-order valence-electron chi connectivity index (χ0n) is 14.2. The van der Waals surface area contributed by atoms with E-state index in [0.717, 1.165) is 0 Å². The lowest BCUT2D eigenvalue weighted by molar-refractivity contribution is 0.0708. The van der Waals surface area contributed by atoms with Crippen LogP contribution in [0.4, 0.5) is 4.79 Å². The molecule has 0 saturated heterocycles. The molecule has 0 unspecified atom stereocenters. The summed E-state index contributed by atoms with van der Waals surface area (Å²) in [6, 6.07) is 9.62. The Bertz CT molecular complexity index is 426. The predicted molar refractivity (Wildman–Crippen MR) is 90.5 cm³/mol. The molecule has 0 saturated carbocycles. The first-order valence-corrected chi connectivity index (χ1v) is 10.0. The van der Waals surface area contributed by atoms with Gasteiger partial charge in [0.05, 0.1) is 0 Å². The van der Waals surface area contributed by atoms with Crippen LogP contribution in [0.1, 0.15) is 27.2 Å². The number of carbonyl (C=O) groups is 1. The standard InChI is InChI=1S/C16H27NO5Si/c1-4-19-23(20-5-2,21-6-3)14-10-13-17-16(18)22-15-11-8-7-9-12-15/h7-9,11-12H,4-6,10,13-14H2,1-3H3,(H,17,18). The van der Waals surface area contributed by atoms with Gasteiger partial charge in [-0.15, -0.1) is 0 Å². The van der Waals surface area contributed by atoms with Crippen molar-refractivity contribution in [1.82, 2.24) is 5.32 Å². The van der Waals surface area contributed by atoms with Crippen molar-refractivity contribution in [2.75, 3.05) is 26.4 Å². The lowest BCUT2D eigenvalue weighted by Gasteiger charge is -2.28. The van der Waals surface area contributed by atoms with Gasteiger partial charge in [-0.05, 0) is 39.3 Å². The Morgan fingerprint density at radius 3 is 2.09 bits per heavy atom. The molecule has 0 aliphatic carbocycles. The average molecular weight is 341 g/mol. The van der Waals surface area contributed by atoms with Gasteiger partial charge in [-0.1, -0.05) is 18.2 Å². The quantitative estimate of drug-likeness (QED) is 0.494. The Morgan fingerprint density at radius 2 is 1.57 bits per heavy atom. The number of hydrogen-bond acceptors (Lipinski definition) is 5. The predicted octanol–water partition coefficient (Wildman–Crippen LogP) is 3.21. The van der Waals surface area contributed by atoms with Crippen molar-refractivity contribution in [2.24, 2.45) is 0 Å². The summed E-state index contributed by atoms with van der Waals surface area (Å²) < 4.78 is 22.4. The molecule has 1 aromatic rings. The van der Waals surface area contributed by atoms with Gasteiger partial charge in [0.15, 0.2) is 0 Å². The highest BCUT2D eigenvalue weighted by Crippen LogP contribution is 2.17. The number of hydrogen-bond donors (Lipinski definition) is 1. The highest BCUT2D eigenvalue weighted by atomic mass is 28.4. The van der Waals surface area contributed by atoms with Crippen molar-refractivity contribution in [3.8, 4) is 5.75 Å². The minimum Gasteiger partial charge on any atom is -0.410 e. The minimum atomic E-state index is -2.63. The Balaban J connectivity index is 2.36. The number of benzene rings is 1. The van der Waals surface area contributed by atoms with Crippen LogP contribution in [0.15, 0.2) is 30.3 Å². The summed E-state index contributed by atoms with van der Waals surface area (Å²) in [5.41, 5.74) is 0. The molecule has 0 aromatic heterocycles. The van der Waals surface area contributed by atoms with E-state index in [9.17, 15) is 4.79 Å². The topological polar surface area (TPSA) is 66.0 Å². The molecule has 0 heterocycles. The molecule has 130 valence electrons. The molecule has 1 aromatic carbocycles. The van der Waals surface area contributed by atoms with E-state index in [0.29, 0.717) is 44.6 Å². The van der Waals surface area contributed by atoms with E-state index < -0.39 is 14.9 Å². The van der Waals surface area contributed by atoms with Crippen molar-refractivity contribution in [1.29, 1.82) is 0 Å². The van der Waals surface area contributed by atoms with Gasteiger partial charge in [0.1, 0.15) is 5.75 Å². The Morgan fingerprint density at radius 1 is 1.00 bits per heavy atom. The maximum Gasteiger partial charge on any atom is 0.500 e. The fourth-order valence-electron chi connectivity index (χ4n) is 2.13. The van der Waals surface area contributed by atoms with E-state index in [1.807, 2.05) is 39.0 Å². The van der Waals surface area contributed by atoms with Crippen LogP contribution in [0, 0.1) is 0 Å². The first-order chi connectivity index (χ1) is 11.2. The maximum absolute atomic E-state index is 11.7. The highest BCUT2D eigenvalue weighted by molar-refractivity contribution is 6.60. The SMILES string of the molecule is CCO[Si](CCCNC(=O)Oc1ccccc1)(OCC)OCC. The Hall–Kier alpha value is -1.41. The van der Waals surface area contributed by atoms with Crippen molar-refractivity contribution in [3.05, 3.63) is 30.3 Å². The molecule has 7 heteroatoms. The summed E-state index contributed by atoms with van der Waals surface area (Å²) >= 11 is 0. The van der Waals surface area contributed by atoms with Gasteiger partial charge in [-0.25, -0.2) is 4.79 Å². The summed E-state index contributed by atoms with van der Waals surface area (Å²) in [6.45, 7) is 7.91. The molecule has 0 bridgehead atoms. The lowest BCUT2D eigenvalue weighted by Crippen LogP contribution is -2.46. The second-order valence-corrected chi connectivity index (χ2v) is 7.45. The monoisotopic (exact) mass is 341 g/mol. The third-order valence-electron chi connectivity index (χ3n) is 2.98. The van der Waals surface area contributed by atoms with Crippen molar-refractivity contribution in [3.63, 3.8) is 0 Å². The number of carbonyl (C=O) groups excluding carboxylic acids is 1. The number of para-hydroxylation sites is 1. The van der Waals surface area contributed by atoms with Crippen LogP contribution in [0.2, 0.25) is 6.04 Å². The first-order valence-electron chi connectivity index (χ1n) is 8.08. The second kappa shape index (κ2) is 11.2. The van der Waals surface area contributed by atoms with Crippen molar-refractivity contribution < 1.29 is 22.8 Å². The second-order valence-electron chi connectivity index (χ2n) is 4.71. The molecular weight excluding hydrogens is 314 g/mol. The zero-order valence-corrected chi connectivity index (χ0v) is 15.2. The van der Waals surface area contributed by atoms with Gasteiger partial charge in [0.2, 0.25) is 0 Å².